The Morgan fingerprint density at radius 2 is 1.97 bits per heavy atom. The Kier molecular flexibility index (Phi) is 9.59. The van der Waals surface area contributed by atoms with Crippen LogP contribution in [-0.4, -0.2) is 63.8 Å². The van der Waals surface area contributed by atoms with Crippen molar-refractivity contribution in [3.05, 3.63) is 53.1 Å². The van der Waals surface area contributed by atoms with E-state index in [4.69, 9.17) is 19.5 Å². The molecule has 1 unspecified atom stereocenters. The van der Waals surface area contributed by atoms with Gasteiger partial charge in [0.1, 0.15) is 35.9 Å². The van der Waals surface area contributed by atoms with Crippen LogP contribution in [0.4, 0.5) is 5.82 Å². The summed E-state index contributed by atoms with van der Waals surface area (Å²) in [4.78, 5) is 27.4. The molecule has 1 aliphatic rings. The van der Waals surface area contributed by atoms with Crippen LogP contribution in [-0.2, 0) is 23.4 Å². The maximum atomic E-state index is 13.4. The molecule has 0 bridgehead atoms. The Morgan fingerprint density at radius 3 is 2.59 bits per heavy atom. The van der Waals surface area contributed by atoms with Crippen molar-refractivity contribution in [2.45, 2.75) is 37.5 Å². The maximum Gasteiger partial charge on any atom is 0.459 e. The van der Waals surface area contributed by atoms with Crippen molar-refractivity contribution in [3.63, 3.8) is 0 Å². The molecule has 0 spiro atoms. The van der Waals surface area contributed by atoms with Gasteiger partial charge >= 0.3 is 19.4 Å². The van der Waals surface area contributed by atoms with E-state index in [1.165, 1.54) is 38.4 Å². The first-order valence-corrected chi connectivity index (χ1v) is 11.4. The predicted octanol–water partition coefficient (Wildman–Crippen LogP) is 0.221. The van der Waals surface area contributed by atoms with E-state index in [0.29, 0.717) is 0 Å². The molecule has 6 atom stereocenters. The number of hydrogen-bond donors (Lipinski definition) is 4. The number of para-hydroxylation sites is 1. The molecule has 2 heterocycles. The molecule has 0 amide bonds. The second-order valence-corrected chi connectivity index (χ2v) is 8.85. The smallest absolute Gasteiger partial charge is 0.459 e. The minimum atomic E-state index is -4.19. The first-order chi connectivity index (χ1) is 15.6. The summed E-state index contributed by atoms with van der Waals surface area (Å²) in [5, 5.41) is 23.2. The molecule has 13 nitrogen and oxygen atoms in total. The number of aliphatic hydroxyl groups excluding tert-OH is 2. The van der Waals surface area contributed by atoms with Crippen molar-refractivity contribution in [1.82, 2.24) is 14.6 Å². The van der Waals surface area contributed by atoms with Gasteiger partial charge in [0.2, 0.25) is 0 Å². The fourth-order valence-corrected chi connectivity index (χ4v) is 4.57. The Morgan fingerprint density at radius 1 is 1.29 bits per heavy atom. The first-order valence-electron chi connectivity index (χ1n) is 9.84. The molecule has 188 valence electrons. The first kappa shape index (κ1) is 27.7. The second kappa shape index (κ2) is 11.8. The minimum Gasteiger partial charge on any atom is -0.468 e. The van der Waals surface area contributed by atoms with Crippen molar-refractivity contribution in [3.8, 4) is 5.75 Å². The molecule has 1 aromatic heterocycles. The Labute approximate surface area is 200 Å². The third-order valence-electron chi connectivity index (χ3n) is 4.75. The second-order valence-electron chi connectivity index (χ2n) is 7.16. The lowest BCUT2D eigenvalue weighted by Gasteiger charge is -2.24. The monoisotopic (exact) mass is 520 g/mol. The van der Waals surface area contributed by atoms with Gasteiger partial charge in [-0.3, -0.25) is 13.9 Å². The highest BCUT2D eigenvalue weighted by Crippen LogP contribution is 2.45. The average molecular weight is 521 g/mol. The van der Waals surface area contributed by atoms with Gasteiger partial charge in [-0.05, 0) is 25.1 Å². The van der Waals surface area contributed by atoms with Gasteiger partial charge in [0.15, 0.2) is 6.23 Å². The molecule has 3 rings (SSSR count). The Balaban J connectivity index is 0.00000408. The number of methoxy groups -OCH3 is 1. The van der Waals surface area contributed by atoms with Crippen LogP contribution >= 0.6 is 20.2 Å². The molecule has 0 radical (unpaired) electrons. The van der Waals surface area contributed by atoms with Crippen LogP contribution in [0.2, 0.25) is 0 Å². The molecular formula is C19H26ClN4O9P. The van der Waals surface area contributed by atoms with E-state index in [1.54, 1.807) is 18.2 Å². The number of halogens is 1. The molecule has 1 fully saturated rings. The lowest BCUT2D eigenvalue weighted by Crippen LogP contribution is -2.37. The summed E-state index contributed by atoms with van der Waals surface area (Å²) < 4.78 is 35.4. The summed E-state index contributed by atoms with van der Waals surface area (Å²) in [6.45, 7) is 0.883. The lowest BCUT2D eigenvalue weighted by molar-refractivity contribution is -0.142. The Bertz CT molecular complexity index is 1070. The normalized spacial score (nSPS) is 24.5. The molecule has 5 N–H and O–H groups in total. The average Bonchev–Trinajstić information content (AvgIpc) is 3.06. The number of anilines is 1. The molecule has 2 aromatic rings. The van der Waals surface area contributed by atoms with Crippen LogP contribution in [0.1, 0.15) is 13.2 Å². The lowest BCUT2D eigenvalue weighted by atomic mass is 10.1. The molecule has 34 heavy (non-hydrogen) atoms. The van der Waals surface area contributed by atoms with Gasteiger partial charge in [0.25, 0.3) is 0 Å². The number of aliphatic hydroxyl groups is 2. The fraction of sp³-hybridized carbons (Fsp3) is 0.421. The SMILES string of the molecule is COC(=O)[C@H](C)NP(=O)(OC[C@H]1O[C@@H](n2ccc(N)nc2=O)[C@H](O)[C@@H]1O)Oc1ccccc1.Cl. The van der Waals surface area contributed by atoms with E-state index in [1.807, 2.05) is 0 Å². The van der Waals surface area contributed by atoms with Crippen LogP contribution in [0.25, 0.3) is 0 Å². The number of nitrogens with one attached hydrogen (secondary N) is 1. The quantitative estimate of drug-likeness (QED) is 0.261. The van der Waals surface area contributed by atoms with Gasteiger partial charge in [0.05, 0.1) is 13.7 Å². The van der Waals surface area contributed by atoms with Crippen LogP contribution in [0.5, 0.6) is 5.75 Å². The van der Waals surface area contributed by atoms with E-state index in [2.05, 4.69) is 14.8 Å². The van der Waals surface area contributed by atoms with E-state index >= 15 is 0 Å². The maximum absolute atomic E-state index is 13.4. The van der Waals surface area contributed by atoms with E-state index in [0.717, 1.165) is 4.57 Å². The summed E-state index contributed by atoms with van der Waals surface area (Å²) in [6.07, 6.45) is -4.24. The van der Waals surface area contributed by atoms with Gasteiger partial charge in [-0.2, -0.15) is 10.1 Å². The zero-order valence-electron chi connectivity index (χ0n) is 18.2. The predicted molar refractivity (Wildman–Crippen MR) is 121 cm³/mol. The number of nitrogen functional groups attached to an aromatic ring is 1. The number of nitrogens with zero attached hydrogens (tertiary/aromatic N) is 2. The third-order valence-corrected chi connectivity index (χ3v) is 6.39. The number of ether oxygens (including phenoxy) is 2. The van der Waals surface area contributed by atoms with Crippen LogP contribution in [0, 0.1) is 0 Å². The third kappa shape index (κ3) is 6.54. The van der Waals surface area contributed by atoms with Crippen molar-refractivity contribution in [2.75, 3.05) is 19.5 Å². The molecular weight excluding hydrogens is 495 g/mol. The molecule has 1 saturated heterocycles. The van der Waals surface area contributed by atoms with E-state index in [9.17, 15) is 24.4 Å². The van der Waals surface area contributed by atoms with Gasteiger partial charge in [-0.15, -0.1) is 12.4 Å². The number of hydrogen-bond acceptors (Lipinski definition) is 11. The summed E-state index contributed by atoms with van der Waals surface area (Å²) in [6, 6.07) is 8.34. The van der Waals surface area contributed by atoms with Gasteiger partial charge in [-0.1, -0.05) is 18.2 Å². The standard InChI is InChI=1S/C19H25N4O9P.ClH/c1-11(18(26)29-2)22-33(28,32-12-6-4-3-5-7-12)30-10-13-15(24)16(25)17(31-13)23-9-8-14(20)21-19(23)27;/h3-9,11,13,15-17,24-25H,10H2,1-2H3,(H,22,28)(H2,20,21,27);1H/t11-,13+,15+,16+,17+,33?;/m0./s1. The number of carbonyl (C=O) groups is 1. The van der Waals surface area contributed by atoms with Gasteiger partial charge in [-0.25, -0.2) is 9.36 Å². The highest BCUT2D eigenvalue weighted by molar-refractivity contribution is 7.52. The highest BCUT2D eigenvalue weighted by Gasteiger charge is 2.45. The molecule has 0 aliphatic carbocycles. The molecule has 0 saturated carbocycles. The summed E-state index contributed by atoms with van der Waals surface area (Å²) >= 11 is 0. The molecule has 1 aromatic carbocycles. The number of carbonyl (C=O) groups excluding carboxylic acids is 1. The highest BCUT2D eigenvalue weighted by atomic mass is 35.5. The summed E-state index contributed by atoms with van der Waals surface area (Å²) in [5.74, 6) is -0.539. The largest absolute Gasteiger partial charge is 0.468 e. The van der Waals surface area contributed by atoms with Crippen molar-refractivity contribution in [1.29, 1.82) is 0 Å². The number of rotatable bonds is 9. The van der Waals surface area contributed by atoms with Crippen LogP contribution < -0.4 is 21.0 Å². The van der Waals surface area contributed by atoms with Crippen molar-refractivity contribution in [2.24, 2.45) is 0 Å². The van der Waals surface area contributed by atoms with E-state index < -0.39 is 56.6 Å². The molecule has 15 heteroatoms. The minimum absolute atomic E-state index is 0. The Hall–Kier alpha value is -2.51. The van der Waals surface area contributed by atoms with E-state index in [-0.39, 0.29) is 24.0 Å². The number of nitrogens with two attached hydrogens (primary N) is 1. The number of esters is 1. The zero-order chi connectivity index (χ0) is 24.2. The zero-order valence-corrected chi connectivity index (χ0v) is 19.9. The van der Waals surface area contributed by atoms with Gasteiger partial charge in [0, 0.05) is 6.20 Å². The topological polar surface area (TPSA) is 184 Å². The summed E-state index contributed by atoms with van der Waals surface area (Å²) in [5.41, 5.74) is 4.67. The van der Waals surface area contributed by atoms with Gasteiger partial charge < -0.3 is 29.9 Å². The number of benzene rings is 1. The van der Waals surface area contributed by atoms with Crippen LogP contribution in [0.3, 0.4) is 0 Å². The molecule has 1 aliphatic heterocycles. The van der Waals surface area contributed by atoms with Crippen molar-refractivity contribution >= 4 is 31.9 Å². The fourth-order valence-electron chi connectivity index (χ4n) is 3.06. The van der Waals surface area contributed by atoms with Crippen molar-refractivity contribution < 1.29 is 38.1 Å². The number of aromatic nitrogens is 2. The summed E-state index contributed by atoms with van der Waals surface area (Å²) in [7, 11) is -3.02. The van der Waals surface area contributed by atoms with Crippen LogP contribution in [0.15, 0.2) is 47.4 Å².